The number of carbonyl (C=O) groups excluding carboxylic acids is 1. The van der Waals surface area contributed by atoms with Crippen molar-refractivity contribution in [2.24, 2.45) is 0 Å². The summed E-state index contributed by atoms with van der Waals surface area (Å²) in [6.45, 7) is 2.73. The maximum absolute atomic E-state index is 13.1. The Hall–Kier alpha value is -1.53. The molecule has 12 atom stereocenters. The fourth-order valence-electron chi connectivity index (χ4n) is 7.39. The van der Waals surface area contributed by atoms with Crippen molar-refractivity contribution in [2.45, 2.75) is 229 Å². The number of hydrogen-bond acceptors (Lipinski definition) is 13. The molecule has 0 bridgehead atoms. The standard InChI is InChI=1S/C44H81NO13/c1-3-5-7-9-11-13-15-16-18-20-22-24-26-28-36(49)45-32(33(48)27-25-23-21-19-17-14-12-10-8-6-4-2)31-55-43-41(54)39(52)42(35(30-47)57-43)58-44-40(53)38(51)37(50)34(29-46)56-44/h7,9,13,15,32-35,37-44,46-48,50-54H,3-6,8,10-12,14,16-31H2,1-2H3,(H,45,49)/b9-7-,15-13-. The summed E-state index contributed by atoms with van der Waals surface area (Å²) in [7, 11) is 0. The highest BCUT2D eigenvalue weighted by atomic mass is 16.7. The number of carbonyl (C=O) groups is 1. The average molecular weight is 832 g/mol. The second-order valence-corrected chi connectivity index (χ2v) is 16.2. The van der Waals surface area contributed by atoms with E-state index in [1.54, 1.807) is 0 Å². The Morgan fingerprint density at radius 3 is 1.79 bits per heavy atom. The Kier molecular flexibility index (Phi) is 29.2. The third-order valence-corrected chi connectivity index (χ3v) is 11.2. The maximum Gasteiger partial charge on any atom is 0.220 e. The number of aliphatic hydroxyl groups excluding tert-OH is 8. The summed E-state index contributed by atoms with van der Waals surface area (Å²) < 4.78 is 22.6. The van der Waals surface area contributed by atoms with Crippen molar-refractivity contribution < 1.29 is 64.6 Å². The van der Waals surface area contributed by atoms with Crippen molar-refractivity contribution in [2.75, 3.05) is 19.8 Å². The molecule has 2 heterocycles. The molecule has 2 aliphatic rings. The van der Waals surface area contributed by atoms with Crippen LogP contribution in [-0.2, 0) is 23.7 Å². The first-order valence-electron chi connectivity index (χ1n) is 22.6. The molecule has 0 aromatic heterocycles. The molecule has 58 heavy (non-hydrogen) atoms. The summed E-state index contributed by atoms with van der Waals surface area (Å²) in [5.41, 5.74) is 0. The van der Waals surface area contributed by atoms with Gasteiger partial charge in [0.05, 0.1) is 32.0 Å². The van der Waals surface area contributed by atoms with E-state index in [9.17, 15) is 45.6 Å². The van der Waals surface area contributed by atoms with Crippen molar-refractivity contribution >= 4 is 5.91 Å². The molecule has 1 amide bonds. The van der Waals surface area contributed by atoms with Crippen LogP contribution in [0.1, 0.15) is 155 Å². The molecule has 0 radical (unpaired) electrons. The summed E-state index contributed by atoms with van der Waals surface area (Å²) in [6.07, 6.45) is 14.8. The molecule has 12 unspecified atom stereocenters. The van der Waals surface area contributed by atoms with Gasteiger partial charge in [0.15, 0.2) is 12.6 Å². The summed E-state index contributed by atoms with van der Waals surface area (Å²) in [6, 6.07) is -0.831. The van der Waals surface area contributed by atoms with E-state index in [1.165, 1.54) is 44.9 Å². The molecule has 2 rings (SSSR count). The van der Waals surface area contributed by atoms with Crippen LogP contribution in [0.4, 0.5) is 0 Å². The molecule has 0 aromatic carbocycles. The summed E-state index contributed by atoms with van der Waals surface area (Å²) in [4.78, 5) is 13.1. The first-order valence-corrected chi connectivity index (χ1v) is 22.6. The van der Waals surface area contributed by atoms with Gasteiger partial charge in [-0.3, -0.25) is 4.79 Å². The molecule has 0 aromatic rings. The molecule has 0 spiro atoms. The largest absolute Gasteiger partial charge is 0.394 e. The monoisotopic (exact) mass is 832 g/mol. The molecular formula is C44H81NO13. The number of rotatable bonds is 33. The number of aliphatic hydroxyl groups is 8. The van der Waals surface area contributed by atoms with Crippen molar-refractivity contribution in [3.05, 3.63) is 24.3 Å². The Morgan fingerprint density at radius 2 is 1.17 bits per heavy atom. The fourth-order valence-corrected chi connectivity index (χ4v) is 7.39. The van der Waals surface area contributed by atoms with Crippen molar-refractivity contribution in [3.63, 3.8) is 0 Å². The number of unbranched alkanes of at least 4 members (excludes halogenated alkanes) is 16. The Morgan fingerprint density at radius 1 is 0.621 bits per heavy atom. The van der Waals surface area contributed by atoms with Gasteiger partial charge in [-0.2, -0.15) is 0 Å². The lowest BCUT2D eigenvalue weighted by Crippen LogP contribution is -2.65. The fraction of sp³-hybridized carbons (Fsp3) is 0.886. The van der Waals surface area contributed by atoms with E-state index in [0.717, 1.165) is 77.0 Å². The van der Waals surface area contributed by atoms with Gasteiger partial charge in [0, 0.05) is 6.42 Å². The molecule has 14 nitrogen and oxygen atoms in total. The van der Waals surface area contributed by atoms with Gasteiger partial charge in [0.1, 0.15) is 48.8 Å². The first kappa shape index (κ1) is 52.6. The lowest BCUT2D eigenvalue weighted by molar-refractivity contribution is -0.359. The highest BCUT2D eigenvalue weighted by molar-refractivity contribution is 5.76. The normalized spacial score (nSPS) is 29.0. The zero-order chi connectivity index (χ0) is 42.5. The predicted molar refractivity (Wildman–Crippen MR) is 221 cm³/mol. The predicted octanol–water partition coefficient (Wildman–Crippen LogP) is 4.21. The van der Waals surface area contributed by atoms with E-state index in [-0.39, 0.29) is 18.9 Å². The molecule has 340 valence electrons. The van der Waals surface area contributed by atoms with Gasteiger partial charge in [0.2, 0.25) is 5.91 Å². The quantitative estimate of drug-likeness (QED) is 0.0334. The summed E-state index contributed by atoms with van der Waals surface area (Å²) >= 11 is 0. The molecule has 2 fully saturated rings. The van der Waals surface area contributed by atoms with Crippen LogP contribution >= 0.6 is 0 Å². The number of amides is 1. The molecular weight excluding hydrogens is 750 g/mol. The van der Waals surface area contributed by atoms with Gasteiger partial charge in [-0.1, -0.05) is 134 Å². The average Bonchev–Trinajstić information content (AvgIpc) is 3.22. The van der Waals surface area contributed by atoms with Crippen molar-refractivity contribution in [3.8, 4) is 0 Å². The molecule has 2 aliphatic heterocycles. The minimum atomic E-state index is -1.78. The smallest absolute Gasteiger partial charge is 0.220 e. The van der Waals surface area contributed by atoms with E-state index in [2.05, 4.69) is 43.5 Å². The van der Waals surface area contributed by atoms with Crippen LogP contribution in [0.3, 0.4) is 0 Å². The lowest BCUT2D eigenvalue weighted by Gasteiger charge is -2.46. The second-order valence-electron chi connectivity index (χ2n) is 16.2. The van der Waals surface area contributed by atoms with Crippen LogP contribution in [0, 0.1) is 0 Å². The molecule has 0 saturated carbocycles. The number of allylic oxidation sites excluding steroid dienone is 4. The van der Waals surface area contributed by atoms with Gasteiger partial charge in [-0.05, 0) is 38.5 Å². The van der Waals surface area contributed by atoms with E-state index in [1.807, 2.05) is 0 Å². The third kappa shape index (κ3) is 20.4. The van der Waals surface area contributed by atoms with E-state index < -0.39 is 86.8 Å². The molecule has 9 N–H and O–H groups in total. The molecule has 2 saturated heterocycles. The zero-order valence-corrected chi connectivity index (χ0v) is 35.5. The van der Waals surface area contributed by atoms with Crippen LogP contribution in [0.15, 0.2) is 24.3 Å². The number of nitrogens with one attached hydrogen (secondary N) is 1. The van der Waals surface area contributed by atoms with E-state index in [4.69, 9.17) is 18.9 Å². The van der Waals surface area contributed by atoms with Crippen LogP contribution in [-0.4, -0.2) is 140 Å². The zero-order valence-electron chi connectivity index (χ0n) is 35.5. The van der Waals surface area contributed by atoms with Gasteiger partial charge in [0.25, 0.3) is 0 Å². The van der Waals surface area contributed by atoms with Gasteiger partial charge >= 0.3 is 0 Å². The van der Waals surface area contributed by atoms with Crippen molar-refractivity contribution in [1.82, 2.24) is 5.32 Å². The second kappa shape index (κ2) is 32.2. The highest BCUT2D eigenvalue weighted by Crippen LogP contribution is 2.30. The molecule has 14 heteroatoms. The van der Waals surface area contributed by atoms with Gasteiger partial charge in [-0.25, -0.2) is 0 Å². The Bertz CT molecular complexity index is 1080. The van der Waals surface area contributed by atoms with Gasteiger partial charge < -0.3 is 65.1 Å². The van der Waals surface area contributed by atoms with Crippen molar-refractivity contribution in [1.29, 1.82) is 0 Å². The SMILES string of the molecule is CCC/C=C\C/C=C\CCCCCCCC(=O)NC(COC1OC(CO)C(OC2OC(CO)C(O)C(O)C2O)C(O)C1O)C(O)CCCCCCCCCCCCC. The number of ether oxygens (including phenoxy) is 4. The van der Waals surface area contributed by atoms with E-state index >= 15 is 0 Å². The first-order chi connectivity index (χ1) is 28.1. The maximum atomic E-state index is 13.1. The Balaban J connectivity index is 1.90. The minimum Gasteiger partial charge on any atom is -0.394 e. The number of hydrogen-bond donors (Lipinski definition) is 9. The third-order valence-electron chi connectivity index (χ3n) is 11.2. The topological polar surface area (TPSA) is 228 Å². The van der Waals surface area contributed by atoms with Crippen LogP contribution < -0.4 is 5.32 Å². The summed E-state index contributed by atoms with van der Waals surface area (Å²) in [5.74, 6) is -0.225. The summed E-state index contributed by atoms with van der Waals surface area (Å²) in [5, 5.41) is 86.5. The van der Waals surface area contributed by atoms with Crippen LogP contribution in [0.5, 0.6) is 0 Å². The van der Waals surface area contributed by atoms with Crippen LogP contribution in [0.2, 0.25) is 0 Å². The lowest BCUT2D eigenvalue weighted by atomic mass is 9.97. The van der Waals surface area contributed by atoms with Crippen LogP contribution in [0.25, 0.3) is 0 Å². The highest BCUT2D eigenvalue weighted by Gasteiger charge is 2.51. The Labute approximate surface area is 348 Å². The minimum absolute atomic E-state index is 0.225. The molecule has 0 aliphatic carbocycles. The van der Waals surface area contributed by atoms with Gasteiger partial charge in [-0.15, -0.1) is 0 Å². The van der Waals surface area contributed by atoms with E-state index in [0.29, 0.717) is 12.8 Å².